The number of rotatable bonds is 8. The summed E-state index contributed by atoms with van der Waals surface area (Å²) in [7, 11) is 1.71. The van der Waals surface area contributed by atoms with Crippen molar-refractivity contribution in [3.05, 3.63) is 66.1 Å². The monoisotopic (exact) mass is 299 g/mol. The topological polar surface area (TPSA) is 27.7 Å². The Morgan fingerprint density at radius 2 is 1.59 bits per heavy atom. The van der Waals surface area contributed by atoms with Gasteiger partial charge >= 0.3 is 0 Å². The van der Waals surface area contributed by atoms with Crippen LogP contribution in [0, 0.1) is 6.42 Å². The minimum absolute atomic E-state index is 0.0892. The van der Waals surface area contributed by atoms with Crippen molar-refractivity contribution < 1.29 is 14.2 Å². The fourth-order valence-corrected chi connectivity index (χ4v) is 2.29. The van der Waals surface area contributed by atoms with E-state index in [1.165, 1.54) is 0 Å². The van der Waals surface area contributed by atoms with E-state index in [4.69, 9.17) is 14.2 Å². The van der Waals surface area contributed by atoms with E-state index in [1.807, 2.05) is 50.2 Å². The average molecular weight is 299 g/mol. The van der Waals surface area contributed by atoms with Crippen molar-refractivity contribution in [1.82, 2.24) is 0 Å². The first-order chi connectivity index (χ1) is 10.8. The van der Waals surface area contributed by atoms with Gasteiger partial charge in [0.15, 0.2) is 11.5 Å². The molecule has 1 atom stereocenters. The van der Waals surface area contributed by atoms with Crippen molar-refractivity contribution in [2.75, 3.05) is 20.3 Å². The second-order valence-corrected chi connectivity index (χ2v) is 4.81. The molecule has 2 aromatic carbocycles. The largest absolute Gasteiger partial charge is 0.490 e. The van der Waals surface area contributed by atoms with Crippen LogP contribution in [0.3, 0.4) is 0 Å². The normalized spacial score (nSPS) is 12.0. The molecule has 2 rings (SSSR count). The Balaban J connectivity index is 2.19. The Hall–Kier alpha value is -2.00. The molecule has 0 amide bonds. The van der Waals surface area contributed by atoms with Gasteiger partial charge in [0.25, 0.3) is 0 Å². The van der Waals surface area contributed by atoms with E-state index < -0.39 is 0 Å². The van der Waals surface area contributed by atoms with E-state index in [9.17, 15) is 0 Å². The molecule has 1 radical (unpaired) electrons. The van der Waals surface area contributed by atoms with Crippen molar-refractivity contribution >= 4 is 0 Å². The van der Waals surface area contributed by atoms with Gasteiger partial charge in [-0.05, 0) is 37.1 Å². The standard InChI is InChI=1S/C19H23O3/c1-4-21-17-12-11-15(14-19(17)22-5-2)13-18(20-3)16-9-7-6-8-10-16/h6-14,18H,4-5H2,1-3H3. The predicted molar refractivity (Wildman–Crippen MR) is 88.4 cm³/mol. The van der Waals surface area contributed by atoms with Crippen LogP contribution in [0.1, 0.15) is 31.1 Å². The highest BCUT2D eigenvalue weighted by molar-refractivity contribution is 5.46. The molecule has 0 aliphatic carbocycles. The van der Waals surface area contributed by atoms with E-state index in [2.05, 4.69) is 18.6 Å². The van der Waals surface area contributed by atoms with Gasteiger partial charge in [-0.2, -0.15) is 0 Å². The van der Waals surface area contributed by atoms with Crippen LogP contribution in [0.4, 0.5) is 0 Å². The van der Waals surface area contributed by atoms with Crippen LogP contribution in [0.15, 0.2) is 48.5 Å². The zero-order valence-electron chi connectivity index (χ0n) is 13.4. The second-order valence-electron chi connectivity index (χ2n) is 4.81. The Bertz CT molecular complexity index is 566. The van der Waals surface area contributed by atoms with Gasteiger partial charge in [0.05, 0.1) is 19.3 Å². The minimum atomic E-state index is -0.0892. The molecule has 0 fully saturated rings. The van der Waals surface area contributed by atoms with Gasteiger partial charge in [0.1, 0.15) is 0 Å². The van der Waals surface area contributed by atoms with Crippen molar-refractivity contribution in [2.45, 2.75) is 20.0 Å². The summed E-state index contributed by atoms with van der Waals surface area (Å²) in [6.07, 6.45) is 1.99. The molecule has 3 nitrogen and oxygen atoms in total. The van der Waals surface area contributed by atoms with Crippen molar-refractivity contribution in [3.63, 3.8) is 0 Å². The lowest BCUT2D eigenvalue weighted by molar-refractivity contribution is 0.132. The maximum absolute atomic E-state index is 5.67. The molecule has 2 aromatic rings. The Kier molecular flexibility index (Phi) is 6.28. The first-order valence-corrected chi connectivity index (χ1v) is 7.60. The van der Waals surface area contributed by atoms with Gasteiger partial charge in [0, 0.05) is 13.5 Å². The van der Waals surface area contributed by atoms with Crippen LogP contribution in [-0.4, -0.2) is 20.3 Å². The van der Waals surface area contributed by atoms with Gasteiger partial charge in [0.2, 0.25) is 0 Å². The van der Waals surface area contributed by atoms with E-state index in [0.29, 0.717) is 13.2 Å². The van der Waals surface area contributed by atoms with Crippen LogP contribution in [0.25, 0.3) is 0 Å². The summed E-state index contributed by atoms with van der Waals surface area (Å²) in [5.41, 5.74) is 2.17. The average Bonchev–Trinajstić information content (AvgIpc) is 2.56. The fourth-order valence-electron chi connectivity index (χ4n) is 2.29. The summed E-state index contributed by atoms with van der Waals surface area (Å²) in [4.78, 5) is 0. The third-order valence-corrected chi connectivity index (χ3v) is 3.29. The van der Waals surface area contributed by atoms with E-state index in [0.717, 1.165) is 22.6 Å². The van der Waals surface area contributed by atoms with Gasteiger partial charge < -0.3 is 14.2 Å². The van der Waals surface area contributed by atoms with E-state index in [-0.39, 0.29) is 6.10 Å². The lowest BCUT2D eigenvalue weighted by Gasteiger charge is -2.17. The van der Waals surface area contributed by atoms with Crippen LogP contribution >= 0.6 is 0 Å². The summed E-state index contributed by atoms with van der Waals surface area (Å²) in [5, 5.41) is 0. The summed E-state index contributed by atoms with van der Waals surface area (Å²) >= 11 is 0. The van der Waals surface area contributed by atoms with E-state index in [1.54, 1.807) is 7.11 Å². The molecule has 0 N–H and O–H groups in total. The molecular formula is C19H23O3. The highest BCUT2D eigenvalue weighted by atomic mass is 16.5. The molecular weight excluding hydrogens is 276 g/mol. The van der Waals surface area contributed by atoms with E-state index >= 15 is 0 Å². The smallest absolute Gasteiger partial charge is 0.161 e. The zero-order valence-corrected chi connectivity index (χ0v) is 13.4. The Morgan fingerprint density at radius 1 is 0.909 bits per heavy atom. The number of benzene rings is 2. The highest BCUT2D eigenvalue weighted by Gasteiger charge is 2.13. The number of ether oxygens (including phenoxy) is 3. The summed E-state index contributed by atoms with van der Waals surface area (Å²) in [6, 6.07) is 16.1. The lowest BCUT2D eigenvalue weighted by atomic mass is 10.0. The maximum Gasteiger partial charge on any atom is 0.161 e. The van der Waals surface area contributed by atoms with Gasteiger partial charge in [-0.3, -0.25) is 0 Å². The third kappa shape index (κ3) is 4.25. The Labute approximate surface area is 132 Å². The molecule has 0 aliphatic rings. The van der Waals surface area contributed by atoms with Crippen LogP contribution < -0.4 is 9.47 Å². The van der Waals surface area contributed by atoms with Crippen molar-refractivity contribution in [3.8, 4) is 11.5 Å². The maximum atomic E-state index is 5.67. The van der Waals surface area contributed by atoms with Crippen molar-refractivity contribution in [2.24, 2.45) is 0 Å². The summed E-state index contributed by atoms with van der Waals surface area (Å²) < 4.78 is 16.8. The fraction of sp³-hybridized carbons (Fsp3) is 0.316. The quantitative estimate of drug-likeness (QED) is 0.722. The molecule has 3 heteroatoms. The van der Waals surface area contributed by atoms with Crippen molar-refractivity contribution in [1.29, 1.82) is 0 Å². The zero-order chi connectivity index (χ0) is 15.8. The first-order valence-electron chi connectivity index (χ1n) is 7.60. The van der Waals surface area contributed by atoms with Crippen LogP contribution in [-0.2, 0) is 4.74 Å². The second kappa shape index (κ2) is 8.44. The molecule has 117 valence electrons. The van der Waals surface area contributed by atoms with Crippen LogP contribution in [0.2, 0.25) is 0 Å². The SMILES string of the molecule is CCOc1ccc([CH]C(OC)c2ccccc2)cc1OCC. The molecule has 0 aromatic heterocycles. The first kappa shape index (κ1) is 16.4. The summed E-state index contributed by atoms with van der Waals surface area (Å²) in [6.45, 7) is 5.16. The summed E-state index contributed by atoms with van der Waals surface area (Å²) in [5.74, 6) is 1.54. The number of methoxy groups -OCH3 is 1. The van der Waals surface area contributed by atoms with Crippen LogP contribution in [0.5, 0.6) is 11.5 Å². The molecule has 0 bridgehead atoms. The third-order valence-electron chi connectivity index (χ3n) is 3.29. The predicted octanol–water partition coefficient (Wildman–Crippen LogP) is 4.42. The van der Waals surface area contributed by atoms with Gasteiger partial charge in [-0.15, -0.1) is 0 Å². The molecule has 0 heterocycles. The molecule has 0 spiro atoms. The molecule has 0 saturated carbocycles. The molecule has 0 aliphatic heterocycles. The number of hydrogen-bond acceptors (Lipinski definition) is 3. The Morgan fingerprint density at radius 3 is 2.23 bits per heavy atom. The number of hydrogen-bond donors (Lipinski definition) is 0. The van der Waals surface area contributed by atoms with Gasteiger partial charge in [-0.1, -0.05) is 36.4 Å². The molecule has 22 heavy (non-hydrogen) atoms. The minimum Gasteiger partial charge on any atom is -0.490 e. The van der Waals surface area contributed by atoms with Gasteiger partial charge in [-0.25, -0.2) is 0 Å². The lowest BCUT2D eigenvalue weighted by Crippen LogP contribution is -2.04. The highest BCUT2D eigenvalue weighted by Crippen LogP contribution is 2.31. The molecule has 1 unspecified atom stereocenters. The molecule has 0 saturated heterocycles.